The first-order valence-electron chi connectivity index (χ1n) is 12.1. The molecule has 1 heterocycles. The fraction of sp³-hybridized carbons (Fsp3) is 0. The smallest absolute Gasteiger partial charge is 0.250 e. The molecule has 192 valence electrons. The molecule has 0 spiro atoms. The van der Waals surface area contributed by atoms with E-state index in [1.807, 2.05) is 0 Å². The normalized spacial score (nSPS) is 13.5. The van der Waals surface area contributed by atoms with Crippen LogP contribution in [0.1, 0.15) is 63.7 Å². The summed E-state index contributed by atoms with van der Waals surface area (Å²) in [5.41, 5.74) is 20.7. The van der Waals surface area contributed by atoms with Gasteiger partial charge in [0.05, 0.1) is 39.2 Å². The van der Waals surface area contributed by atoms with Crippen LogP contribution in [0.5, 0.6) is 0 Å². The van der Waals surface area contributed by atoms with E-state index in [1.165, 1.54) is 18.2 Å². The molecular weight excluding hydrogens is 510 g/mol. The van der Waals surface area contributed by atoms with Crippen LogP contribution in [0.15, 0.2) is 71.1 Å². The highest BCUT2D eigenvalue weighted by Crippen LogP contribution is 2.41. The standard InChI is InChI=1S/C30H17N5O5/c31-19-11-18(24(33)22-21(19)27(38)14-7-3-4-8-15(14)28(22)39)30-35-34-29(40-30)17-10-9-16-20(23(17)32)26(37)13-6-2-1-5-12(13)25(16)36/h1-11H,31-33H2. The first-order chi connectivity index (χ1) is 19.3. The zero-order valence-electron chi connectivity index (χ0n) is 20.5. The molecule has 2 aliphatic rings. The van der Waals surface area contributed by atoms with Gasteiger partial charge in [-0.1, -0.05) is 48.5 Å². The van der Waals surface area contributed by atoms with Crippen LogP contribution in [-0.4, -0.2) is 33.3 Å². The van der Waals surface area contributed by atoms with Crippen molar-refractivity contribution in [2.75, 3.05) is 17.2 Å². The Kier molecular flexibility index (Phi) is 4.67. The third kappa shape index (κ3) is 2.98. The minimum Gasteiger partial charge on any atom is -0.416 e. The van der Waals surface area contributed by atoms with E-state index in [0.717, 1.165) is 0 Å². The van der Waals surface area contributed by atoms with E-state index >= 15 is 0 Å². The Morgan fingerprint density at radius 3 is 1.52 bits per heavy atom. The lowest BCUT2D eigenvalue weighted by atomic mass is 9.81. The number of anilines is 3. The molecule has 0 fully saturated rings. The minimum absolute atomic E-state index is 0.0101. The van der Waals surface area contributed by atoms with Crippen LogP contribution in [0.25, 0.3) is 22.9 Å². The van der Waals surface area contributed by atoms with Gasteiger partial charge in [0.15, 0.2) is 23.1 Å². The second-order valence-electron chi connectivity index (χ2n) is 9.45. The van der Waals surface area contributed by atoms with Gasteiger partial charge in [0.1, 0.15) is 0 Å². The predicted octanol–water partition coefficient (Wildman–Crippen LogP) is 3.70. The molecule has 40 heavy (non-hydrogen) atoms. The summed E-state index contributed by atoms with van der Waals surface area (Å²) in [7, 11) is 0. The van der Waals surface area contributed by atoms with E-state index in [9.17, 15) is 19.2 Å². The Labute approximate surface area is 225 Å². The Balaban J connectivity index is 1.34. The molecule has 0 unspecified atom stereocenters. The number of nitrogens with zero attached hydrogens (tertiary/aromatic N) is 2. The number of benzene rings is 4. The predicted molar refractivity (Wildman–Crippen MR) is 145 cm³/mol. The van der Waals surface area contributed by atoms with Crippen LogP contribution in [0.3, 0.4) is 0 Å². The molecular formula is C30H17N5O5. The van der Waals surface area contributed by atoms with E-state index in [-0.39, 0.29) is 90.5 Å². The van der Waals surface area contributed by atoms with Crippen molar-refractivity contribution in [2.24, 2.45) is 0 Å². The number of rotatable bonds is 2. The van der Waals surface area contributed by atoms with Crippen LogP contribution in [-0.2, 0) is 0 Å². The summed E-state index contributed by atoms with van der Waals surface area (Å²) in [5, 5.41) is 8.14. The summed E-state index contributed by atoms with van der Waals surface area (Å²) in [6.45, 7) is 0. The number of nitrogens with two attached hydrogens (primary N) is 3. The Morgan fingerprint density at radius 2 is 0.925 bits per heavy atom. The van der Waals surface area contributed by atoms with Crippen LogP contribution in [0.4, 0.5) is 17.1 Å². The molecule has 0 aliphatic heterocycles. The molecule has 6 N–H and O–H groups in total. The summed E-state index contributed by atoms with van der Waals surface area (Å²) >= 11 is 0. The van der Waals surface area contributed by atoms with Crippen LogP contribution in [0.2, 0.25) is 0 Å². The van der Waals surface area contributed by atoms with Crippen molar-refractivity contribution >= 4 is 40.2 Å². The topological polar surface area (TPSA) is 185 Å². The van der Waals surface area contributed by atoms with E-state index < -0.39 is 11.6 Å². The summed E-state index contributed by atoms with van der Waals surface area (Å²) in [5.74, 6) is -1.68. The zero-order valence-corrected chi connectivity index (χ0v) is 20.5. The molecule has 10 nitrogen and oxygen atoms in total. The number of nitrogen functional groups attached to an aromatic ring is 3. The van der Waals surface area contributed by atoms with Gasteiger partial charge in [-0.05, 0) is 18.2 Å². The summed E-state index contributed by atoms with van der Waals surface area (Å²) < 4.78 is 5.89. The Bertz CT molecular complexity index is 2020. The van der Waals surface area contributed by atoms with Gasteiger partial charge in [-0.25, -0.2) is 0 Å². The SMILES string of the molecule is Nc1cc(-c2nnc(-c3ccc4c(c3N)C(=O)c3ccccc3C4=O)o2)c(N)c2c1C(=O)c1ccccc1C2=O. The first-order valence-corrected chi connectivity index (χ1v) is 12.1. The lowest BCUT2D eigenvalue weighted by Gasteiger charge is -2.21. The average Bonchev–Trinajstić information content (AvgIpc) is 3.45. The lowest BCUT2D eigenvalue weighted by molar-refractivity contribution is 0.0980. The Hall–Kier alpha value is -5.90. The van der Waals surface area contributed by atoms with Gasteiger partial charge in [-0.2, -0.15) is 0 Å². The molecule has 0 bridgehead atoms. The lowest BCUT2D eigenvalue weighted by Crippen LogP contribution is -2.24. The Morgan fingerprint density at radius 1 is 0.475 bits per heavy atom. The number of hydrogen-bond acceptors (Lipinski definition) is 10. The first kappa shape index (κ1) is 23.2. The van der Waals surface area contributed by atoms with Crippen molar-refractivity contribution in [3.05, 3.63) is 111 Å². The van der Waals surface area contributed by atoms with Crippen molar-refractivity contribution in [3.8, 4) is 22.9 Å². The molecule has 5 aromatic rings. The van der Waals surface area contributed by atoms with Crippen LogP contribution < -0.4 is 17.2 Å². The molecule has 0 saturated heterocycles. The van der Waals surface area contributed by atoms with E-state index in [0.29, 0.717) is 5.56 Å². The average molecular weight is 527 g/mol. The summed E-state index contributed by atoms with van der Waals surface area (Å²) in [6.07, 6.45) is 0. The molecule has 0 atom stereocenters. The molecule has 0 saturated carbocycles. The van der Waals surface area contributed by atoms with Gasteiger partial charge in [-0.3, -0.25) is 19.2 Å². The maximum absolute atomic E-state index is 13.3. The fourth-order valence-corrected chi connectivity index (χ4v) is 5.36. The maximum atomic E-state index is 13.3. The minimum atomic E-state index is -0.446. The number of hydrogen-bond donors (Lipinski definition) is 3. The summed E-state index contributed by atoms with van der Waals surface area (Å²) in [4.78, 5) is 52.8. The molecule has 4 aromatic carbocycles. The molecule has 0 radical (unpaired) electrons. The largest absolute Gasteiger partial charge is 0.416 e. The van der Waals surface area contributed by atoms with Crippen LogP contribution >= 0.6 is 0 Å². The van der Waals surface area contributed by atoms with Gasteiger partial charge in [0.25, 0.3) is 0 Å². The number of carbonyl (C=O) groups excluding carboxylic acids is 4. The second-order valence-corrected chi connectivity index (χ2v) is 9.45. The quantitative estimate of drug-likeness (QED) is 0.280. The van der Waals surface area contributed by atoms with Gasteiger partial charge in [0.2, 0.25) is 11.8 Å². The maximum Gasteiger partial charge on any atom is 0.250 e. The van der Waals surface area contributed by atoms with Crippen molar-refractivity contribution in [3.63, 3.8) is 0 Å². The third-order valence-electron chi connectivity index (χ3n) is 7.29. The fourth-order valence-electron chi connectivity index (χ4n) is 5.36. The van der Waals surface area contributed by atoms with E-state index in [4.69, 9.17) is 21.6 Å². The molecule has 7 rings (SSSR count). The van der Waals surface area contributed by atoms with Crippen LogP contribution in [0, 0.1) is 0 Å². The molecule has 2 aliphatic carbocycles. The zero-order chi connectivity index (χ0) is 27.9. The van der Waals surface area contributed by atoms with Gasteiger partial charge < -0.3 is 21.6 Å². The number of carbonyl (C=O) groups is 4. The summed E-state index contributed by atoms with van der Waals surface area (Å²) in [6, 6.07) is 17.4. The van der Waals surface area contributed by atoms with Gasteiger partial charge in [-0.15, -0.1) is 10.2 Å². The van der Waals surface area contributed by atoms with E-state index in [1.54, 1.807) is 48.5 Å². The number of aromatic nitrogens is 2. The van der Waals surface area contributed by atoms with E-state index in [2.05, 4.69) is 10.2 Å². The van der Waals surface area contributed by atoms with Gasteiger partial charge >= 0.3 is 0 Å². The highest BCUT2D eigenvalue weighted by molar-refractivity contribution is 6.32. The highest BCUT2D eigenvalue weighted by Gasteiger charge is 2.36. The van der Waals surface area contributed by atoms with Crippen molar-refractivity contribution in [2.45, 2.75) is 0 Å². The third-order valence-corrected chi connectivity index (χ3v) is 7.29. The number of fused-ring (bicyclic) bond motifs is 4. The highest BCUT2D eigenvalue weighted by atomic mass is 16.4. The molecule has 1 aromatic heterocycles. The molecule has 0 amide bonds. The van der Waals surface area contributed by atoms with Gasteiger partial charge in [0, 0.05) is 33.5 Å². The van der Waals surface area contributed by atoms with Crippen molar-refractivity contribution < 1.29 is 23.6 Å². The molecule has 10 heteroatoms. The number of ketones is 4. The second kappa shape index (κ2) is 8.05. The van der Waals surface area contributed by atoms with Crippen molar-refractivity contribution in [1.82, 2.24) is 10.2 Å². The van der Waals surface area contributed by atoms with Crippen molar-refractivity contribution in [1.29, 1.82) is 0 Å². The monoisotopic (exact) mass is 527 g/mol.